The molecule has 0 aromatic carbocycles. The van der Waals surface area contributed by atoms with Crippen molar-refractivity contribution >= 4 is 5.97 Å². The van der Waals surface area contributed by atoms with E-state index < -0.39 is 0 Å². The largest absolute Gasteiger partial charge is 0.459 e. The van der Waals surface area contributed by atoms with E-state index in [1.165, 1.54) is 19.3 Å². The van der Waals surface area contributed by atoms with E-state index in [0.717, 1.165) is 36.5 Å². The molecule has 2 nitrogen and oxygen atoms in total. The highest BCUT2D eigenvalue weighted by Gasteiger charge is 2.52. The molecule has 3 saturated carbocycles. The van der Waals surface area contributed by atoms with Crippen molar-refractivity contribution in [3.05, 3.63) is 12.2 Å². The Hall–Kier alpha value is -0.790. The Labute approximate surface area is 97.1 Å². The van der Waals surface area contributed by atoms with E-state index >= 15 is 0 Å². The molecule has 3 aliphatic rings. The molecule has 0 aliphatic heterocycles. The van der Waals surface area contributed by atoms with Gasteiger partial charge in [-0.2, -0.15) is 0 Å². The number of carbonyl (C=O) groups excluding carboxylic acids is 1. The van der Waals surface area contributed by atoms with Gasteiger partial charge in [-0.15, -0.1) is 0 Å². The van der Waals surface area contributed by atoms with Crippen LogP contribution in [-0.4, -0.2) is 12.1 Å². The fourth-order valence-corrected chi connectivity index (χ4v) is 4.32. The molecule has 0 N–H and O–H groups in total. The predicted octanol–water partition coefficient (Wildman–Crippen LogP) is 2.93. The Morgan fingerprint density at radius 3 is 2.19 bits per heavy atom. The van der Waals surface area contributed by atoms with Gasteiger partial charge in [-0.3, -0.25) is 0 Å². The van der Waals surface area contributed by atoms with E-state index in [-0.39, 0.29) is 12.1 Å². The molecule has 3 aliphatic carbocycles. The lowest BCUT2D eigenvalue weighted by atomic mass is 9.82. The van der Waals surface area contributed by atoms with Crippen molar-refractivity contribution in [2.75, 3.05) is 0 Å². The fourth-order valence-electron chi connectivity index (χ4n) is 4.32. The minimum atomic E-state index is -0.197. The first-order valence-electron chi connectivity index (χ1n) is 6.51. The number of esters is 1. The predicted molar refractivity (Wildman–Crippen MR) is 61.7 cm³/mol. The van der Waals surface area contributed by atoms with Crippen LogP contribution in [0.25, 0.3) is 0 Å². The summed E-state index contributed by atoms with van der Waals surface area (Å²) in [4.78, 5) is 11.5. The number of fused-ring (bicyclic) bond motifs is 5. The van der Waals surface area contributed by atoms with Crippen molar-refractivity contribution in [3.8, 4) is 0 Å². The molecule has 0 radical (unpaired) electrons. The summed E-state index contributed by atoms with van der Waals surface area (Å²) in [7, 11) is 0. The van der Waals surface area contributed by atoms with E-state index in [1.807, 2.05) is 0 Å². The summed E-state index contributed by atoms with van der Waals surface area (Å²) in [5.74, 6) is 3.42. The van der Waals surface area contributed by atoms with Crippen LogP contribution in [-0.2, 0) is 9.53 Å². The Morgan fingerprint density at radius 2 is 1.69 bits per heavy atom. The van der Waals surface area contributed by atoms with Gasteiger partial charge in [0.15, 0.2) is 0 Å². The van der Waals surface area contributed by atoms with Gasteiger partial charge >= 0.3 is 5.97 Å². The summed E-state index contributed by atoms with van der Waals surface area (Å²) >= 11 is 0. The lowest BCUT2D eigenvalue weighted by molar-refractivity contribution is -0.144. The second kappa shape index (κ2) is 3.61. The zero-order chi connectivity index (χ0) is 11.3. The van der Waals surface area contributed by atoms with Crippen LogP contribution in [0, 0.1) is 23.7 Å². The van der Waals surface area contributed by atoms with Crippen LogP contribution in [0.1, 0.15) is 39.0 Å². The smallest absolute Gasteiger partial charge is 0.333 e. The normalized spacial score (nSPS) is 44.4. The topological polar surface area (TPSA) is 26.3 Å². The van der Waals surface area contributed by atoms with Gasteiger partial charge in [0.1, 0.15) is 6.10 Å². The summed E-state index contributed by atoms with van der Waals surface area (Å²) in [6.45, 7) is 5.36. The van der Waals surface area contributed by atoms with Gasteiger partial charge in [0, 0.05) is 5.57 Å². The van der Waals surface area contributed by atoms with Gasteiger partial charge in [0.05, 0.1) is 0 Å². The van der Waals surface area contributed by atoms with Gasteiger partial charge in [-0.25, -0.2) is 4.79 Å². The standard InChI is InChI=1S/C14H20O2/c1-8(2)14(15)16-11-6-12-9-3-4-10(5-9)13(12)7-11/h9-13H,1,3-7H2,2H3/t9-,10+,11?,12-,13-/m1/s1. The molecule has 2 heteroatoms. The third-order valence-electron chi connectivity index (χ3n) is 4.97. The minimum absolute atomic E-state index is 0.183. The van der Waals surface area contributed by atoms with Crippen molar-refractivity contribution in [1.29, 1.82) is 0 Å². The Bertz CT molecular complexity index is 316. The molecule has 0 aromatic heterocycles. The molecule has 0 amide bonds. The molecule has 16 heavy (non-hydrogen) atoms. The first-order chi connectivity index (χ1) is 7.65. The van der Waals surface area contributed by atoms with Gasteiger partial charge in [0.25, 0.3) is 0 Å². The highest BCUT2D eigenvalue weighted by molar-refractivity contribution is 5.87. The Balaban J connectivity index is 1.62. The maximum absolute atomic E-state index is 11.5. The summed E-state index contributed by atoms with van der Waals surface area (Å²) in [6.07, 6.45) is 6.72. The van der Waals surface area contributed by atoms with Gasteiger partial charge in [-0.1, -0.05) is 6.58 Å². The summed E-state index contributed by atoms with van der Waals surface area (Å²) in [5, 5.41) is 0. The van der Waals surface area contributed by atoms with Crippen molar-refractivity contribution < 1.29 is 9.53 Å². The van der Waals surface area contributed by atoms with Crippen molar-refractivity contribution in [2.24, 2.45) is 23.7 Å². The molecule has 1 unspecified atom stereocenters. The lowest BCUT2D eigenvalue weighted by Gasteiger charge is -2.23. The van der Waals surface area contributed by atoms with Crippen molar-refractivity contribution in [1.82, 2.24) is 0 Å². The zero-order valence-electron chi connectivity index (χ0n) is 9.95. The molecule has 0 saturated heterocycles. The highest BCUT2D eigenvalue weighted by Crippen LogP contribution is 2.59. The number of hydrogen-bond acceptors (Lipinski definition) is 2. The molecule has 0 heterocycles. The molecule has 88 valence electrons. The fraction of sp³-hybridized carbons (Fsp3) is 0.786. The van der Waals surface area contributed by atoms with E-state index in [9.17, 15) is 4.79 Å². The third kappa shape index (κ3) is 1.50. The second-order valence-corrected chi connectivity index (χ2v) is 5.94. The summed E-state index contributed by atoms with van der Waals surface area (Å²) < 4.78 is 5.50. The molecular weight excluding hydrogens is 200 g/mol. The number of ether oxygens (including phenoxy) is 1. The minimum Gasteiger partial charge on any atom is -0.459 e. The maximum Gasteiger partial charge on any atom is 0.333 e. The molecule has 3 rings (SSSR count). The average Bonchev–Trinajstić information content (AvgIpc) is 2.86. The van der Waals surface area contributed by atoms with E-state index in [1.54, 1.807) is 6.92 Å². The maximum atomic E-state index is 11.5. The van der Waals surface area contributed by atoms with Crippen molar-refractivity contribution in [2.45, 2.75) is 45.1 Å². The van der Waals surface area contributed by atoms with E-state index in [2.05, 4.69) is 6.58 Å². The van der Waals surface area contributed by atoms with Crippen LogP contribution < -0.4 is 0 Å². The van der Waals surface area contributed by atoms with Crippen LogP contribution in [0.4, 0.5) is 0 Å². The Kier molecular flexibility index (Phi) is 2.34. The number of hydrogen-bond donors (Lipinski definition) is 0. The SMILES string of the molecule is C=C(C)C(=O)OC1C[C@@H]2[C@@H]3CC[C@@H](C3)[C@H]2C1. The Morgan fingerprint density at radius 1 is 1.12 bits per heavy atom. The molecule has 2 bridgehead atoms. The summed E-state index contributed by atoms with van der Waals surface area (Å²) in [5.41, 5.74) is 0.528. The van der Waals surface area contributed by atoms with Crippen LogP contribution >= 0.6 is 0 Å². The van der Waals surface area contributed by atoms with Crippen molar-refractivity contribution in [3.63, 3.8) is 0 Å². The first-order valence-corrected chi connectivity index (χ1v) is 6.51. The molecule has 5 atom stereocenters. The average molecular weight is 220 g/mol. The van der Waals surface area contributed by atoms with Crippen LogP contribution in [0.5, 0.6) is 0 Å². The number of carbonyl (C=O) groups is 1. The quantitative estimate of drug-likeness (QED) is 0.528. The van der Waals surface area contributed by atoms with Gasteiger partial charge < -0.3 is 4.74 Å². The van der Waals surface area contributed by atoms with Crippen LogP contribution in [0.2, 0.25) is 0 Å². The number of rotatable bonds is 2. The lowest BCUT2D eigenvalue weighted by Crippen LogP contribution is -2.16. The monoisotopic (exact) mass is 220 g/mol. The molecule has 0 spiro atoms. The zero-order valence-corrected chi connectivity index (χ0v) is 9.95. The third-order valence-corrected chi connectivity index (χ3v) is 4.97. The van der Waals surface area contributed by atoms with Gasteiger partial charge in [-0.05, 0) is 62.7 Å². The molecule has 0 aromatic rings. The molecular formula is C14H20O2. The van der Waals surface area contributed by atoms with Gasteiger partial charge in [0.2, 0.25) is 0 Å². The van der Waals surface area contributed by atoms with Crippen LogP contribution in [0.15, 0.2) is 12.2 Å². The summed E-state index contributed by atoms with van der Waals surface area (Å²) in [6, 6.07) is 0. The second-order valence-electron chi connectivity index (χ2n) is 5.94. The van der Waals surface area contributed by atoms with Crippen LogP contribution in [0.3, 0.4) is 0 Å². The first kappa shape index (κ1) is 10.4. The van der Waals surface area contributed by atoms with E-state index in [4.69, 9.17) is 4.74 Å². The van der Waals surface area contributed by atoms with E-state index in [0.29, 0.717) is 5.57 Å². The molecule has 3 fully saturated rings. The highest BCUT2D eigenvalue weighted by atomic mass is 16.5.